The van der Waals surface area contributed by atoms with Crippen LogP contribution in [-0.2, 0) is 14.6 Å². The van der Waals surface area contributed by atoms with Crippen LogP contribution in [0.15, 0.2) is 12.2 Å². The van der Waals surface area contributed by atoms with Gasteiger partial charge in [0.05, 0.1) is 6.61 Å². The van der Waals surface area contributed by atoms with E-state index in [4.69, 9.17) is 0 Å². The van der Waals surface area contributed by atoms with Crippen molar-refractivity contribution < 1.29 is 46.7 Å². The van der Waals surface area contributed by atoms with Gasteiger partial charge in [-0.2, -0.15) is 0 Å². The first-order valence-electron chi connectivity index (χ1n) is 11.3. The third kappa shape index (κ3) is 24.6. The first-order chi connectivity index (χ1) is 13.0. The predicted molar refractivity (Wildman–Crippen MR) is 113 cm³/mol. The summed E-state index contributed by atoms with van der Waals surface area (Å²) >= 11 is 0. The first kappa shape index (κ1) is 30.8. The average molecular weight is 427 g/mol. The van der Waals surface area contributed by atoms with Crippen LogP contribution >= 0.6 is 0 Å². The summed E-state index contributed by atoms with van der Waals surface area (Å²) in [7, 11) is -4.60. The number of unbranched alkanes of at least 4 members (excludes halogenated alkanes) is 13. The minimum Gasteiger partial charge on any atom is -0.726 e. The van der Waals surface area contributed by atoms with Gasteiger partial charge in [0, 0.05) is 5.92 Å². The molecule has 0 aromatic carbocycles. The van der Waals surface area contributed by atoms with Crippen molar-refractivity contribution in [3.63, 3.8) is 0 Å². The van der Waals surface area contributed by atoms with Gasteiger partial charge in [-0.15, -0.1) is 0 Å². The maximum absolute atomic E-state index is 10.7. The van der Waals surface area contributed by atoms with E-state index in [0.29, 0.717) is 0 Å². The molecule has 162 valence electrons. The summed E-state index contributed by atoms with van der Waals surface area (Å²) in [4.78, 5) is 0. The van der Waals surface area contributed by atoms with E-state index in [9.17, 15) is 13.0 Å². The minimum atomic E-state index is -4.60. The van der Waals surface area contributed by atoms with Crippen LogP contribution in [-0.4, -0.2) is 19.6 Å². The van der Waals surface area contributed by atoms with Crippen LogP contribution in [0.3, 0.4) is 0 Å². The molecular weight excluding hydrogens is 383 g/mol. The summed E-state index contributed by atoms with van der Waals surface area (Å²) in [6, 6.07) is 0. The third-order valence-corrected chi connectivity index (χ3v) is 5.41. The molecule has 0 heterocycles. The molecule has 0 aliphatic heterocycles. The SMILES string of the molecule is CCCCCC/C=C/C(CCCCCCCCCCCC)COS(=O)(=O)[O-].[Na+]. The average Bonchev–Trinajstić information content (AvgIpc) is 2.62. The molecule has 0 bridgehead atoms. The Balaban J connectivity index is 0. The van der Waals surface area contributed by atoms with E-state index in [1.807, 2.05) is 6.08 Å². The van der Waals surface area contributed by atoms with Crippen molar-refractivity contribution >= 4 is 10.4 Å². The maximum atomic E-state index is 10.7. The molecule has 0 N–H and O–H groups in total. The zero-order chi connectivity index (χ0) is 20.2. The van der Waals surface area contributed by atoms with Gasteiger partial charge >= 0.3 is 29.6 Å². The van der Waals surface area contributed by atoms with Gasteiger partial charge in [-0.1, -0.05) is 109 Å². The molecular formula is C22H43NaO4S. The largest absolute Gasteiger partial charge is 1.00 e. The van der Waals surface area contributed by atoms with Crippen molar-refractivity contribution in [1.29, 1.82) is 0 Å². The molecule has 1 unspecified atom stereocenters. The second-order valence-electron chi connectivity index (χ2n) is 7.70. The van der Waals surface area contributed by atoms with Crippen molar-refractivity contribution in [3.8, 4) is 0 Å². The van der Waals surface area contributed by atoms with E-state index in [-0.39, 0.29) is 42.1 Å². The number of hydrogen-bond donors (Lipinski definition) is 0. The summed E-state index contributed by atoms with van der Waals surface area (Å²) in [5.41, 5.74) is 0. The monoisotopic (exact) mass is 426 g/mol. The summed E-state index contributed by atoms with van der Waals surface area (Å²) in [5.74, 6) is 0.0222. The molecule has 28 heavy (non-hydrogen) atoms. The minimum absolute atomic E-state index is 0. The van der Waals surface area contributed by atoms with E-state index in [0.717, 1.165) is 25.7 Å². The smallest absolute Gasteiger partial charge is 0.726 e. The van der Waals surface area contributed by atoms with Gasteiger partial charge in [-0.3, -0.25) is 4.18 Å². The summed E-state index contributed by atoms with van der Waals surface area (Å²) in [6.07, 6.45) is 23.7. The van der Waals surface area contributed by atoms with Crippen LogP contribution in [0.25, 0.3) is 0 Å². The molecule has 0 aliphatic rings. The topological polar surface area (TPSA) is 66.4 Å². The van der Waals surface area contributed by atoms with Crippen molar-refractivity contribution in [1.82, 2.24) is 0 Å². The Hall–Kier alpha value is 0.610. The Morgan fingerprint density at radius 1 is 0.786 bits per heavy atom. The van der Waals surface area contributed by atoms with Crippen LogP contribution in [0, 0.1) is 5.92 Å². The third-order valence-electron chi connectivity index (χ3n) is 4.99. The van der Waals surface area contributed by atoms with Gasteiger partial charge in [-0.25, -0.2) is 8.42 Å². The molecule has 0 spiro atoms. The molecule has 6 heteroatoms. The molecule has 0 fully saturated rings. The fourth-order valence-electron chi connectivity index (χ4n) is 3.28. The molecule has 0 radical (unpaired) electrons. The number of rotatable bonds is 20. The molecule has 0 rings (SSSR count). The molecule has 0 aliphatic carbocycles. The molecule has 0 aromatic rings. The molecule has 0 amide bonds. The van der Waals surface area contributed by atoms with Crippen molar-refractivity contribution in [2.45, 2.75) is 117 Å². The van der Waals surface area contributed by atoms with Crippen LogP contribution < -0.4 is 29.6 Å². The van der Waals surface area contributed by atoms with Gasteiger partial charge in [0.25, 0.3) is 0 Å². The van der Waals surface area contributed by atoms with Crippen LogP contribution in [0.4, 0.5) is 0 Å². The first-order valence-corrected chi connectivity index (χ1v) is 12.6. The van der Waals surface area contributed by atoms with Crippen molar-refractivity contribution in [2.75, 3.05) is 6.61 Å². The Labute approximate surface area is 197 Å². The summed E-state index contributed by atoms with van der Waals surface area (Å²) in [6.45, 7) is 4.42. The Bertz CT molecular complexity index is 438. The van der Waals surface area contributed by atoms with Gasteiger partial charge < -0.3 is 4.55 Å². The van der Waals surface area contributed by atoms with Crippen LogP contribution in [0.1, 0.15) is 117 Å². The fraction of sp³-hybridized carbons (Fsp3) is 0.909. The molecule has 4 nitrogen and oxygen atoms in total. The Morgan fingerprint density at radius 2 is 1.25 bits per heavy atom. The van der Waals surface area contributed by atoms with Crippen molar-refractivity contribution in [2.24, 2.45) is 5.92 Å². The zero-order valence-corrected chi connectivity index (χ0v) is 21.6. The normalized spacial score (nSPS) is 13.0. The van der Waals surface area contributed by atoms with E-state index in [1.54, 1.807) is 0 Å². The second-order valence-corrected chi connectivity index (χ2v) is 8.75. The summed E-state index contributed by atoms with van der Waals surface area (Å²) < 4.78 is 36.7. The zero-order valence-electron chi connectivity index (χ0n) is 18.8. The van der Waals surface area contributed by atoms with E-state index < -0.39 is 10.4 Å². The maximum Gasteiger partial charge on any atom is 1.00 e. The predicted octanol–water partition coefficient (Wildman–Crippen LogP) is 3.92. The summed E-state index contributed by atoms with van der Waals surface area (Å²) in [5, 5.41) is 0. The van der Waals surface area contributed by atoms with Gasteiger partial charge in [0.15, 0.2) is 0 Å². The standard InChI is InChI=1S/C22H44O4S.Na/c1-3-5-7-9-11-12-13-14-16-18-20-22(21-26-27(23,24)25)19-17-15-10-8-6-4-2;/h17,19,22H,3-16,18,20-21H2,1-2H3,(H,23,24,25);/q;+1/p-1/b19-17+;. The second kappa shape index (κ2) is 22.3. The van der Waals surface area contributed by atoms with Gasteiger partial charge in [0.2, 0.25) is 10.4 Å². The number of hydrogen-bond acceptors (Lipinski definition) is 4. The Morgan fingerprint density at radius 3 is 1.75 bits per heavy atom. The quantitative estimate of drug-likeness (QED) is 0.0973. The van der Waals surface area contributed by atoms with E-state index in [2.05, 4.69) is 24.1 Å². The fourth-order valence-corrected chi connectivity index (χ4v) is 3.62. The Kier molecular flexibility index (Phi) is 24.5. The molecule has 0 saturated heterocycles. The molecule has 0 aromatic heterocycles. The van der Waals surface area contributed by atoms with Gasteiger partial charge in [0.1, 0.15) is 0 Å². The molecule has 1 atom stereocenters. The van der Waals surface area contributed by atoms with Crippen LogP contribution in [0.2, 0.25) is 0 Å². The van der Waals surface area contributed by atoms with Crippen LogP contribution in [0.5, 0.6) is 0 Å². The molecule has 0 saturated carbocycles. The van der Waals surface area contributed by atoms with Crippen molar-refractivity contribution in [3.05, 3.63) is 12.2 Å². The number of allylic oxidation sites excluding steroid dienone is 1. The van der Waals surface area contributed by atoms with E-state index in [1.165, 1.54) is 77.0 Å². The van der Waals surface area contributed by atoms with E-state index >= 15 is 0 Å². The van der Waals surface area contributed by atoms with Gasteiger partial charge in [-0.05, 0) is 19.3 Å².